The van der Waals surface area contributed by atoms with Crippen LogP contribution in [0.3, 0.4) is 0 Å². The largest absolute Gasteiger partial charge is 0.490 e. The second kappa shape index (κ2) is 9.57. The van der Waals surface area contributed by atoms with E-state index in [0.29, 0.717) is 19.4 Å². The highest BCUT2D eigenvalue weighted by Gasteiger charge is 2.38. The highest BCUT2D eigenvalue weighted by Crippen LogP contribution is 2.32. The first kappa shape index (κ1) is 20.2. The Bertz CT molecular complexity index is 583. The molecule has 0 bridgehead atoms. The summed E-state index contributed by atoms with van der Waals surface area (Å²) in [4.78, 5) is 24.6. The fourth-order valence-electron chi connectivity index (χ4n) is 2.60. The van der Waals surface area contributed by atoms with Crippen molar-refractivity contribution in [2.45, 2.75) is 39.7 Å². The molecule has 144 valence electrons. The third kappa shape index (κ3) is 6.33. The Balaban J connectivity index is 1.71. The lowest BCUT2D eigenvalue weighted by Gasteiger charge is -2.28. The molecule has 1 aromatic carbocycles. The minimum absolute atomic E-state index is 0.0343. The Morgan fingerprint density at radius 3 is 2.54 bits per heavy atom. The van der Waals surface area contributed by atoms with E-state index in [4.69, 9.17) is 18.9 Å². The molecule has 0 aliphatic carbocycles. The number of para-hydroxylation sites is 1. The molecule has 0 amide bonds. The topological polar surface area (TPSA) is 74.4 Å². The van der Waals surface area contributed by atoms with E-state index in [0.717, 1.165) is 5.75 Å². The lowest BCUT2D eigenvalue weighted by Crippen LogP contribution is -2.34. The van der Waals surface area contributed by atoms with E-state index in [9.17, 15) is 9.59 Å². The molecule has 26 heavy (non-hydrogen) atoms. The highest BCUT2D eigenvalue weighted by atomic mass is 16.6. The number of benzene rings is 1. The Labute approximate surface area is 154 Å². The third-order valence-electron chi connectivity index (χ3n) is 4.57. The maximum atomic E-state index is 12.4. The maximum Gasteiger partial charge on any atom is 0.311 e. The first-order valence-corrected chi connectivity index (χ1v) is 9.08. The third-order valence-corrected chi connectivity index (χ3v) is 4.57. The van der Waals surface area contributed by atoms with Crippen LogP contribution in [0, 0.1) is 11.3 Å². The van der Waals surface area contributed by atoms with Crippen molar-refractivity contribution in [2.24, 2.45) is 11.3 Å². The number of epoxide rings is 1. The van der Waals surface area contributed by atoms with Gasteiger partial charge in [-0.1, -0.05) is 32.0 Å². The van der Waals surface area contributed by atoms with Gasteiger partial charge in [-0.05, 0) is 31.9 Å². The van der Waals surface area contributed by atoms with Crippen LogP contribution in [0.1, 0.15) is 33.6 Å². The van der Waals surface area contributed by atoms with Crippen LogP contribution in [0.2, 0.25) is 0 Å². The molecule has 1 aliphatic rings. The molecule has 0 spiro atoms. The van der Waals surface area contributed by atoms with E-state index < -0.39 is 11.3 Å². The van der Waals surface area contributed by atoms with Crippen molar-refractivity contribution in [3.05, 3.63) is 30.3 Å². The van der Waals surface area contributed by atoms with E-state index in [1.54, 1.807) is 6.92 Å². The summed E-state index contributed by atoms with van der Waals surface area (Å²) in [5.41, 5.74) is -0.714. The summed E-state index contributed by atoms with van der Waals surface area (Å²) < 4.78 is 21.1. The van der Waals surface area contributed by atoms with E-state index >= 15 is 0 Å². The molecule has 1 aliphatic heterocycles. The minimum atomic E-state index is -0.714. The van der Waals surface area contributed by atoms with Crippen LogP contribution >= 0.6 is 0 Å². The van der Waals surface area contributed by atoms with E-state index in [2.05, 4.69) is 0 Å². The van der Waals surface area contributed by atoms with Crippen molar-refractivity contribution in [1.82, 2.24) is 0 Å². The van der Waals surface area contributed by atoms with Gasteiger partial charge in [-0.25, -0.2) is 0 Å². The van der Waals surface area contributed by atoms with Gasteiger partial charge in [0.05, 0.1) is 17.9 Å². The Kier molecular flexibility index (Phi) is 7.45. The molecule has 0 saturated carbocycles. The molecule has 0 radical (unpaired) electrons. The summed E-state index contributed by atoms with van der Waals surface area (Å²) >= 11 is 0. The van der Waals surface area contributed by atoms with Crippen LogP contribution < -0.4 is 4.74 Å². The quantitative estimate of drug-likeness (QED) is 0.341. The molecule has 3 atom stereocenters. The number of hydrogen-bond acceptors (Lipinski definition) is 6. The number of esters is 2. The van der Waals surface area contributed by atoms with Gasteiger partial charge in [-0.15, -0.1) is 0 Å². The van der Waals surface area contributed by atoms with Gasteiger partial charge in [0, 0.05) is 0 Å². The molecule has 0 N–H and O–H groups in total. The second-order valence-electron chi connectivity index (χ2n) is 6.90. The predicted octanol–water partition coefficient (Wildman–Crippen LogP) is 2.99. The molecule has 1 heterocycles. The van der Waals surface area contributed by atoms with Crippen LogP contribution in [0.5, 0.6) is 5.75 Å². The Hall–Kier alpha value is -2.08. The average Bonchev–Trinajstić information content (AvgIpc) is 3.48. The fourth-order valence-corrected chi connectivity index (χ4v) is 2.60. The van der Waals surface area contributed by atoms with Crippen molar-refractivity contribution in [2.75, 3.05) is 26.4 Å². The van der Waals surface area contributed by atoms with Crippen LogP contribution in [0.15, 0.2) is 30.3 Å². The summed E-state index contributed by atoms with van der Waals surface area (Å²) in [7, 11) is 0. The number of ether oxygens (including phenoxy) is 4. The second-order valence-corrected chi connectivity index (χ2v) is 6.90. The monoisotopic (exact) mass is 364 g/mol. The Morgan fingerprint density at radius 2 is 1.92 bits per heavy atom. The molecule has 1 aromatic rings. The average molecular weight is 364 g/mol. The first-order valence-electron chi connectivity index (χ1n) is 9.08. The van der Waals surface area contributed by atoms with Crippen LogP contribution in [-0.2, 0) is 23.8 Å². The summed E-state index contributed by atoms with van der Waals surface area (Å²) in [6.45, 7) is 6.90. The lowest BCUT2D eigenvalue weighted by molar-refractivity contribution is -0.159. The van der Waals surface area contributed by atoms with Crippen molar-refractivity contribution in [1.29, 1.82) is 0 Å². The minimum Gasteiger partial charge on any atom is -0.490 e. The highest BCUT2D eigenvalue weighted by molar-refractivity contribution is 5.78. The zero-order chi connectivity index (χ0) is 19.0. The zero-order valence-corrected chi connectivity index (χ0v) is 15.7. The van der Waals surface area contributed by atoms with Crippen LogP contribution in [0.4, 0.5) is 0 Å². The number of rotatable bonds is 11. The molecule has 1 fully saturated rings. The first-order chi connectivity index (χ1) is 12.4. The molecule has 3 unspecified atom stereocenters. The van der Waals surface area contributed by atoms with Crippen LogP contribution in [0.25, 0.3) is 0 Å². The normalized spacial score (nSPS) is 19.1. The summed E-state index contributed by atoms with van der Waals surface area (Å²) in [5, 5.41) is 0. The standard InChI is InChI=1S/C20H28O6/c1-4-20(3,19(22)26-14-17-13-25-17)12-15(2)18(21)24-11-10-23-16-8-6-5-7-9-16/h5-9,15,17H,4,10-14H2,1-3H3. The molecule has 0 aromatic heterocycles. The van der Waals surface area contributed by atoms with Crippen molar-refractivity contribution >= 4 is 11.9 Å². The fraction of sp³-hybridized carbons (Fsp3) is 0.600. The summed E-state index contributed by atoms with van der Waals surface area (Å²) in [5.74, 6) is -0.291. The van der Waals surface area contributed by atoms with E-state index in [1.807, 2.05) is 44.2 Å². The van der Waals surface area contributed by atoms with Gasteiger partial charge < -0.3 is 18.9 Å². The van der Waals surface area contributed by atoms with Crippen molar-refractivity contribution < 1.29 is 28.5 Å². The molecular weight excluding hydrogens is 336 g/mol. The van der Waals surface area contributed by atoms with Gasteiger partial charge in [0.2, 0.25) is 0 Å². The van der Waals surface area contributed by atoms with Gasteiger partial charge in [0.25, 0.3) is 0 Å². The molecule has 2 rings (SSSR count). The van der Waals surface area contributed by atoms with Crippen LogP contribution in [-0.4, -0.2) is 44.5 Å². The number of hydrogen-bond donors (Lipinski definition) is 0. The van der Waals surface area contributed by atoms with Gasteiger partial charge in [-0.3, -0.25) is 9.59 Å². The molecular formula is C20H28O6. The Morgan fingerprint density at radius 1 is 1.23 bits per heavy atom. The van der Waals surface area contributed by atoms with Crippen molar-refractivity contribution in [3.8, 4) is 5.75 Å². The van der Waals surface area contributed by atoms with E-state index in [-0.39, 0.29) is 37.9 Å². The number of carbonyl (C=O) groups excluding carboxylic acids is 2. The summed E-state index contributed by atoms with van der Waals surface area (Å²) in [6, 6.07) is 9.35. The lowest BCUT2D eigenvalue weighted by atomic mass is 9.79. The molecule has 6 heteroatoms. The SMILES string of the molecule is CCC(C)(CC(C)C(=O)OCCOc1ccccc1)C(=O)OCC1CO1. The molecule has 6 nitrogen and oxygen atoms in total. The van der Waals surface area contributed by atoms with Gasteiger partial charge in [0.1, 0.15) is 31.7 Å². The maximum absolute atomic E-state index is 12.4. The smallest absolute Gasteiger partial charge is 0.311 e. The van der Waals surface area contributed by atoms with Gasteiger partial charge in [0.15, 0.2) is 0 Å². The zero-order valence-electron chi connectivity index (χ0n) is 15.7. The van der Waals surface area contributed by atoms with Gasteiger partial charge in [-0.2, -0.15) is 0 Å². The predicted molar refractivity (Wildman–Crippen MR) is 95.8 cm³/mol. The number of carbonyl (C=O) groups is 2. The van der Waals surface area contributed by atoms with Crippen molar-refractivity contribution in [3.63, 3.8) is 0 Å². The molecule has 1 saturated heterocycles. The summed E-state index contributed by atoms with van der Waals surface area (Å²) in [6.07, 6.45) is 1.00. The van der Waals surface area contributed by atoms with E-state index in [1.165, 1.54) is 0 Å². The van der Waals surface area contributed by atoms with Gasteiger partial charge >= 0.3 is 11.9 Å².